The number of methoxy groups -OCH3 is 1. The fourth-order valence-corrected chi connectivity index (χ4v) is 4.26. The summed E-state index contributed by atoms with van der Waals surface area (Å²) in [6, 6.07) is 12.3. The van der Waals surface area contributed by atoms with Gasteiger partial charge in [-0.3, -0.25) is 14.6 Å². The Morgan fingerprint density at radius 3 is 2.70 bits per heavy atom. The smallest absolute Gasteiger partial charge is 0.247 e. The molecule has 0 radical (unpaired) electrons. The second-order valence-electron chi connectivity index (χ2n) is 6.55. The number of rotatable bonds is 5. The number of amidine groups is 1. The van der Waals surface area contributed by atoms with Crippen LogP contribution in [0.3, 0.4) is 0 Å². The molecule has 0 spiro atoms. The number of carbonyl (C=O) groups excluding carboxylic acids is 2. The van der Waals surface area contributed by atoms with Gasteiger partial charge in [0.1, 0.15) is 11.0 Å². The van der Waals surface area contributed by atoms with Gasteiger partial charge in [-0.1, -0.05) is 11.8 Å². The number of benzene rings is 2. The first kappa shape index (κ1) is 20.1. The lowest BCUT2D eigenvalue weighted by molar-refractivity contribution is -0.121. The van der Waals surface area contributed by atoms with E-state index in [1.54, 1.807) is 31.4 Å². The predicted molar refractivity (Wildman–Crippen MR) is 116 cm³/mol. The summed E-state index contributed by atoms with van der Waals surface area (Å²) in [5, 5.41) is 3.24. The molecule has 1 saturated heterocycles. The molecule has 0 unspecified atom stereocenters. The number of imide groups is 1. The second-order valence-corrected chi connectivity index (χ2v) is 7.74. The van der Waals surface area contributed by atoms with Crippen LogP contribution in [0.2, 0.25) is 0 Å². The third kappa shape index (κ3) is 4.06. The molecule has 1 fully saturated rings. The number of hydrogen-bond acceptors (Lipinski definition) is 7. The molecule has 2 amide bonds. The first-order chi connectivity index (χ1) is 14.6. The van der Waals surface area contributed by atoms with E-state index in [0.29, 0.717) is 34.6 Å². The van der Waals surface area contributed by atoms with E-state index in [0.717, 1.165) is 5.69 Å². The van der Waals surface area contributed by atoms with Crippen molar-refractivity contribution in [2.45, 2.75) is 18.6 Å². The third-order valence-electron chi connectivity index (χ3n) is 4.62. The molecule has 0 bridgehead atoms. The summed E-state index contributed by atoms with van der Waals surface area (Å²) in [6.07, 6.45) is 0.112. The number of hydrogen-bond donors (Lipinski definition) is 1. The van der Waals surface area contributed by atoms with Crippen LogP contribution in [0.25, 0.3) is 0 Å². The number of nitrogens with zero attached hydrogens (tertiary/aromatic N) is 2. The number of thioether (sulfide) groups is 1. The Labute approximate surface area is 178 Å². The highest BCUT2D eigenvalue weighted by atomic mass is 32.2. The van der Waals surface area contributed by atoms with Crippen LogP contribution in [0, 0.1) is 0 Å². The number of aliphatic imine (C=N–C) groups is 1. The summed E-state index contributed by atoms with van der Waals surface area (Å²) in [6.45, 7) is 2.65. The summed E-state index contributed by atoms with van der Waals surface area (Å²) < 4.78 is 15.9. The monoisotopic (exact) mass is 427 g/mol. The largest absolute Gasteiger partial charge is 0.497 e. The number of ether oxygens (including phenoxy) is 3. The Morgan fingerprint density at radius 2 is 1.97 bits per heavy atom. The van der Waals surface area contributed by atoms with Crippen LogP contribution in [-0.4, -0.2) is 42.7 Å². The maximum absolute atomic E-state index is 13.0. The van der Waals surface area contributed by atoms with E-state index in [2.05, 4.69) is 10.3 Å². The first-order valence-corrected chi connectivity index (χ1v) is 10.4. The minimum absolute atomic E-state index is 0.112. The van der Waals surface area contributed by atoms with Gasteiger partial charge in [0.05, 0.1) is 12.8 Å². The second kappa shape index (κ2) is 8.66. The van der Waals surface area contributed by atoms with E-state index in [9.17, 15) is 9.59 Å². The Hall–Kier alpha value is -3.20. The Kier molecular flexibility index (Phi) is 5.80. The van der Waals surface area contributed by atoms with Crippen molar-refractivity contribution in [2.24, 2.45) is 4.99 Å². The van der Waals surface area contributed by atoms with Crippen molar-refractivity contribution >= 4 is 40.1 Å². The van der Waals surface area contributed by atoms with E-state index in [1.807, 2.05) is 25.1 Å². The fraction of sp³-hybridized carbons (Fsp3) is 0.286. The molecular formula is C21H21N3O5S. The van der Waals surface area contributed by atoms with Crippen molar-refractivity contribution in [2.75, 3.05) is 30.7 Å². The number of anilines is 2. The molecule has 156 valence electrons. The summed E-state index contributed by atoms with van der Waals surface area (Å²) in [5.74, 6) is 1.51. The van der Waals surface area contributed by atoms with Crippen molar-refractivity contribution < 1.29 is 23.8 Å². The number of amides is 2. The molecule has 2 heterocycles. The van der Waals surface area contributed by atoms with Crippen molar-refractivity contribution in [3.05, 3.63) is 42.5 Å². The van der Waals surface area contributed by atoms with Gasteiger partial charge in [-0.2, -0.15) is 0 Å². The highest BCUT2D eigenvalue weighted by Gasteiger charge is 2.40. The van der Waals surface area contributed by atoms with Crippen LogP contribution in [0.15, 0.2) is 47.5 Å². The van der Waals surface area contributed by atoms with Gasteiger partial charge in [-0.05, 0) is 43.3 Å². The molecule has 4 rings (SSSR count). The van der Waals surface area contributed by atoms with Crippen LogP contribution >= 0.6 is 11.8 Å². The van der Waals surface area contributed by atoms with E-state index >= 15 is 0 Å². The van der Waals surface area contributed by atoms with E-state index < -0.39 is 5.25 Å². The van der Waals surface area contributed by atoms with E-state index in [-0.39, 0.29) is 25.0 Å². The minimum atomic E-state index is -0.550. The molecule has 1 N–H and O–H groups in total. The number of nitrogens with one attached hydrogen (secondary N) is 1. The van der Waals surface area contributed by atoms with Crippen LogP contribution < -0.4 is 24.4 Å². The van der Waals surface area contributed by atoms with Crippen molar-refractivity contribution in [1.29, 1.82) is 0 Å². The predicted octanol–water partition coefficient (Wildman–Crippen LogP) is 3.28. The van der Waals surface area contributed by atoms with Gasteiger partial charge in [0, 0.05) is 24.7 Å². The summed E-state index contributed by atoms with van der Waals surface area (Å²) in [5.41, 5.74) is 1.30. The van der Waals surface area contributed by atoms with E-state index in [1.165, 1.54) is 16.7 Å². The Bertz CT molecular complexity index is 993. The molecule has 2 aromatic rings. The van der Waals surface area contributed by atoms with Gasteiger partial charge in [-0.15, -0.1) is 0 Å². The molecule has 30 heavy (non-hydrogen) atoms. The molecule has 1 atom stereocenters. The fourth-order valence-electron chi connectivity index (χ4n) is 3.18. The molecule has 8 nitrogen and oxygen atoms in total. The molecule has 0 aliphatic carbocycles. The van der Waals surface area contributed by atoms with Gasteiger partial charge >= 0.3 is 0 Å². The van der Waals surface area contributed by atoms with Gasteiger partial charge in [0.15, 0.2) is 16.7 Å². The quantitative estimate of drug-likeness (QED) is 0.445. The lowest BCUT2D eigenvalue weighted by Crippen LogP contribution is -2.31. The van der Waals surface area contributed by atoms with Gasteiger partial charge in [0.25, 0.3) is 0 Å². The normalized spacial score (nSPS) is 18.1. The van der Waals surface area contributed by atoms with Crippen molar-refractivity contribution in [1.82, 2.24) is 0 Å². The average molecular weight is 427 g/mol. The van der Waals surface area contributed by atoms with Crippen LogP contribution in [0.1, 0.15) is 13.3 Å². The Balaban J connectivity index is 1.47. The van der Waals surface area contributed by atoms with E-state index in [4.69, 9.17) is 14.2 Å². The summed E-state index contributed by atoms with van der Waals surface area (Å²) >= 11 is 1.25. The lowest BCUT2D eigenvalue weighted by atomic mass is 10.3. The minimum Gasteiger partial charge on any atom is -0.497 e. The summed E-state index contributed by atoms with van der Waals surface area (Å²) in [7, 11) is 1.57. The van der Waals surface area contributed by atoms with Gasteiger partial charge in [-0.25, -0.2) is 4.90 Å². The van der Waals surface area contributed by atoms with Crippen LogP contribution in [0.5, 0.6) is 17.2 Å². The van der Waals surface area contributed by atoms with Gasteiger partial charge in [0.2, 0.25) is 18.6 Å². The zero-order valence-electron chi connectivity index (χ0n) is 16.6. The summed E-state index contributed by atoms with van der Waals surface area (Å²) in [4.78, 5) is 31.2. The Morgan fingerprint density at radius 1 is 1.20 bits per heavy atom. The zero-order valence-corrected chi connectivity index (χ0v) is 17.4. The molecule has 0 aromatic heterocycles. The zero-order chi connectivity index (χ0) is 21.1. The average Bonchev–Trinajstić information content (AvgIpc) is 3.32. The number of fused-ring (bicyclic) bond motifs is 1. The molecule has 0 saturated carbocycles. The van der Waals surface area contributed by atoms with Gasteiger partial charge < -0.3 is 19.5 Å². The van der Waals surface area contributed by atoms with Crippen molar-refractivity contribution in [3.8, 4) is 17.2 Å². The maximum Gasteiger partial charge on any atom is 0.247 e. The molecule has 2 aliphatic heterocycles. The first-order valence-electron chi connectivity index (χ1n) is 9.47. The van der Waals surface area contributed by atoms with Crippen LogP contribution in [-0.2, 0) is 9.59 Å². The highest BCUT2D eigenvalue weighted by Crippen LogP contribution is 2.35. The molecule has 2 aromatic carbocycles. The topological polar surface area (TPSA) is 89.5 Å². The highest BCUT2D eigenvalue weighted by molar-refractivity contribution is 8.15. The SMILES string of the molecule is CCN=C(Nc1ccc2c(c1)OCO2)S[C@@H]1CC(=O)N(c2ccc(OC)cc2)C1=O. The van der Waals surface area contributed by atoms with Crippen molar-refractivity contribution in [3.63, 3.8) is 0 Å². The standard InChI is InChI=1S/C21H21N3O5S/c1-3-22-21(23-13-4-9-16-17(10-13)29-12-28-16)30-18-11-19(25)24(20(18)26)14-5-7-15(27-2)8-6-14/h4-10,18H,3,11-12H2,1-2H3,(H,22,23)/t18-/m1/s1. The molecule has 9 heteroatoms. The van der Waals surface area contributed by atoms with Crippen LogP contribution in [0.4, 0.5) is 11.4 Å². The molecular weight excluding hydrogens is 406 g/mol. The number of carbonyl (C=O) groups is 2. The molecule has 2 aliphatic rings. The maximum atomic E-state index is 13.0. The third-order valence-corrected chi connectivity index (χ3v) is 5.72. The lowest BCUT2D eigenvalue weighted by Gasteiger charge is -2.16.